The zero-order chi connectivity index (χ0) is 17.4. The van der Waals surface area contributed by atoms with Gasteiger partial charge in [-0.2, -0.15) is 0 Å². The number of H-pyrrole nitrogens is 1. The molecule has 0 spiro atoms. The van der Waals surface area contributed by atoms with Crippen LogP contribution in [0.5, 0.6) is 0 Å². The molecule has 1 aromatic carbocycles. The second kappa shape index (κ2) is 6.03. The van der Waals surface area contributed by atoms with Crippen LogP contribution in [0.25, 0.3) is 0 Å². The summed E-state index contributed by atoms with van der Waals surface area (Å²) in [4.78, 5) is 32.1. The van der Waals surface area contributed by atoms with Crippen molar-refractivity contribution in [1.29, 1.82) is 0 Å². The number of carboxylic acid groups (broad SMARTS) is 1. The lowest BCUT2D eigenvalue weighted by Crippen LogP contribution is -2.30. The predicted molar refractivity (Wildman–Crippen MR) is 79.5 cm³/mol. The summed E-state index contributed by atoms with van der Waals surface area (Å²) in [5.41, 5.74) is 0.875. The maximum Gasteiger partial charge on any atom is 0.308 e. The monoisotopic (exact) mass is 335 g/mol. The molecule has 1 amide bonds. The molecule has 0 radical (unpaired) electrons. The Morgan fingerprint density at radius 3 is 2.67 bits per heavy atom. The molecular weight excluding hydrogens is 320 g/mol. The Morgan fingerprint density at radius 1 is 1.33 bits per heavy atom. The molecule has 6 nitrogen and oxygen atoms in total. The van der Waals surface area contributed by atoms with E-state index in [9.17, 15) is 23.5 Å². The highest BCUT2D eigenvalue weighted by molar-refractivity contribution is 5.94. The van der Waals surface area contributed by atoms with Gasteiger partial charge in [-0.1, -0.05) is 6.07 Å². The van der Waals surface area contributed by atoms with Crippen LogP contribution in [0.1, 0.15) is 27.7 Å². The topological polar surface area (TPSA) is 86.3 Å². The number of amides is 1. The molecule has 2 aromatic rings. The van der Waals surface area contributed by atoms with Gasteiger partial charge in [-0.15, -0.1) is 0 Å². The number of benzene rings is 1. The van der Waals surface area contributed by atoms with Gasteiger partial charge in [-0.3, -0.25) is 9.59 Å². The van der Waals surface area contributed by atoms with Gasteiger partial charge in [0.25, 0.3) is 5.91 Å². The van der Waals surface area contributed by atoms with Gasteiger partial charge in [-0.25, -0.2) is 13.8 Å². The summed E-state index contributed by atoms with van der Waals surface area (Å²) in [7, 11) is 0. The van der Waals surface area contributed by atoms with Crippen LogP contribution in [-0.4, -0.2) is 44.9 Å². The molecule has 24 heavy (non-hydrogen) atoms. The second-order valence-corrected chi connectivity index (χ2v) is 5.80. The number of carbonyl (C=O) groups is 2. The third-order valence-electron chi connectivity index (χ3n) is 4.32. The zero-order valence-electron chi connectivity index (χ0n) is 12.8. The zero-order valence-corrected chi connectivity index (χ0v) is 12.8. The molecule has 0 saturated carbocycles. The van der Waals surface area contributed by atoms with Gasteiger partial charge < -0.3 is 15.0 Å². The van der Waals surface area contributed by atoms with Crippen LogP contribution in [0.3, 0.4) is 0 Å². The van der Waals surface area contributed by atoms with Crippen molar-refractivity contribution in [3.8, 4) is 0 Å². The van der Waals surface area contributed by atoms with E-state index >= 15 is 0 Å². The molecule has 2 atom stereocenters. The van der Waals surface area contributed by atoms with Gasteiger partial charge in [-0.05, 0) is 18.6 Å². The third kappa shape index (κ3) is 2.75. The second-order valence-electron chi connectivity index (χ2n) is 5.80. The molecule has 126 valence electrons. The fourth-order valence-electron chi connectivity index (χ4n) is 3.06. The molecule has 1 aliphatic rings. The molecule has 3 rings (SSSR count). The Balaban J connectivity index is 1.91. The molecule has 8 heteroatoms. The fourth-order valence-corrected chi connectivity index (χ4v) is 3.06. The lowest BCUT2D eigenvalue weighted by Gasteiger charge is -2.16. The van der Waals surface area contributed by atoms with E-state index in [2.05, 4.69) is 9.97 Å². The maximum absolute atomic E-state index is 14.1. The summed E-state index contributed by atoms with van der Waals surface area (Å²) in [5, 5.41) is 9.42. The number of likely N-dealkylation sites (tertiary alicyclic amines) is 1. The number of carbonyl (C=O) groups excluding carboxylic acids is 1. The van der Waals surface area contributed by atoms with Crippen LogP contribution in [0, 0.1) is 24.5 Å². The number of aliphatic carboxylic acids is 1. The van der Waals surface area contributed by atoms with E-state index in [4.69, 9.17) is 0 Å². The Hall–Kier alpha value is -2.77. The highest BCUT2D eigenvalue weighted by Crippen LogP contribution is 2.35. The van der Waals surface area contributed by atoms with Crippen LogP contribution in [0.2, 0.25) is 0 Å². The fraction of sp³-hybridized carbons (Fsp3) is 0.312. The van der Waals surface area contributed by atoms with Crippen LogP contribution >= 0.6 is 0 Å². The van der Waals surface area contributed by atoms with Gasteiger partial charge in [0.2, 0.25) is 0 Å². The molecule has 0 unspecified atom stereocenters. The molecule has 1 saturated heterocycles. The highest BCUT2D eigenvalue weighted by atomic mass is 19.1. The number of nitrogens with one attached hydrogen (secondary N) is 1. The third-order valence-corrected chi connectivity index (χ3v) is 4.32. The van der Waals surface area contributed by atoms with Crippen molar-refractivity contribution < 1.29 is 23.5 Å². The van der Waals surface area contributed by atoms with Crippen molar-refractivity contribution in [2.24, 2.45) is 5.92 Å². The smallest absolute Gasteiger partial charge is 0.308 e. The number of carboxylic acids is 1. The Kier molecular flexibility index (Phi) is 4.04. The number of hydrogen-bond acceptors (Lipinski definition) is 3. The quantitative estimate of drug-likeness (QED) is 0.897. The Bertz CT molecular complexity index is 806. The molecule has 1 aliphatic heterocycles. The number of aromatic amines is 1. The van der Waals surface area contributed by atoms with Crippen LogP contribution in [0.15, 0.2) is 24.5 Å². The van der Waals surface area contributed by atoms with E-state index in [1.165, 1.54) is 17.3 Å². The first-order valence-electron chi connectivity index (χ1n) is 7.35. The van der Waals surface area contributed by atoms with Crippen molar-refractivity contribution in [1.82, 2.24) is 14.9 Å². The SMILES string of the molecule is Cc1[nH]cnc1C(=O)N1C[C@H](C(=O)O)[C@@H](c2ccc(F)cc2F)C1. The standard InChI is InChI=1S/C16H15F2N3O3/c1-8-14(20-7-19-8)15(22)21-5-11(12(6-21)16(23)24)10-3-2-9(17)4-13(10)18/h2-4,7,11-12H,5-6H2,1H3,(H,19,20)(H,23,24)/t11-,12+/m1/s1. The van der Waals surface area contributed by atoms with Crippen molar-refractivity contribution in [2.75, 3.05) is 13.1 Å². The van der Waals surface area contributed by atoms with Crippen LogP contribution < -0.4 is 0 Å². The van der Waals surface area contributed by atoms with Gasteiger partial charge in [0.05, 0.1) is 12.2 Å². The minimum Gasteiger partial charge on any atom is -0.481 e. The van der Waals surface area contributed by atoms with Gasteiger partial charge in [0.15, 0.2) is 0 Å². The minimum absolute atomic E-state index is 0.0324. The Labute approximate surface area is 136 Å². The molecule has 2 N–H and O–H groups in total. The van der Waals surface area contributed by atoms with Crippen molar-refractivity contribution in [2.45, 2.75) is 12.8 Å². The van der Waals surface area contributed by atoms with Gasteiger partial charge >= 0.3 is 5.97 Å². The van der Waals surface area contributed by atoms with E-state index in [0.29, 0.717) is 5.69 Å². The van der Waals surface area contributed by atoms with E-state index in [-0.39, 0.29) is 24.3 Å². The first-order valence-corrected chi connectivity index (χ1v) is 7.35. The molecular formula is C16H15F2N3O3. The summed E-state index contributed by atoms with van der Waals surface area (Å²) in [6.45, 7) is 1.66. The summed E-state index contributed by atoms with van der Waals surface area (Å²) in [6.07, 6.45) is 1.38. The van der Waals surface area contributed by atoms with E-state index in [1.54, 1.807) is 6.92 Å². The molecule has 1 fully saturated rings. The maximum atomic E-state index is 14.1. The van der Waals surface area contributed by atoms with Crippen LogP contribution in [-0.2, 0) is 4.79 Å². The van der Waals surface area contributed by atoms with E-state index < -0.39 is 35.3 Å². The van der Waals surface area contributed by atoms with E-state index in [1.807, 2.05) is 0 Å². The lowest BCUT2D eigenvalue weighted by molar-refractivity contribution is -0.141. The number of nitrogens with zero attached hydrogens (tertiary/aromatic N) is 2. The number of hydrogen-bond donors (Lipinski definition) is 2. The minimum atomic E-state index is -1.13. The summed E-state index contributed by atoms with van der Waals surface area (Å²) in [6, 6.07) is 3.04. The van der Waals surface area contributed by atoms with Crippen LogP contribution in [0.4, 0.5) is 8.78 Å². The van der Waals surface area contributed by atoms with Crippen molar-refractivity contribution in [3.05, 3.63) is 53.1 Å². The lowest BCUT2D eigenvalue weighted by atomic mass is 9.88. The molecule has 2 heterocycles. The average Bonchev–Trinajstić information content (AvgIpc) is 3.13. The summed E-state index contributed by atoms with van der Waals surface area (Å²) >= 11 is 0. The normalized spacial score (nSPS) is 20.4. The average molecular weight is 335 g/mol. The van der Waals surface area contributed by atoms with Gasteiger partial charge in [0, 0.05) is 30.8 Å². The first kappa shape index (κ1) is 16.1. The Morgan fingerprint density at radius 2 is 2.08 bits per heavy atom. The van der Waals surface area contributed by atoms with Crippen molar-refractivity contribution in [3.63, 3.8) is 0 Å². The summed E-state index contributed by atoms with van der Waals surface area (Å²) in [5.74, 6) is -4.79. The predicted octanol–water partition coefficient (Wildman–Crippen LogP) is 1.94. The number of imidazole rings is 1. The number of rotatable bonds is 3. The first-order chi connectivity index (χ1) is 11.4. The molecule has 0 bridgehead atoms. The van der Waals surface area contributed by atoms with Gasteiger partial charge in [0.1, 0.15) is 17.3 Å². The van der Waals surface area contributed by atoms with Crippen molar-refractivity contribution >= 4 is 11.9 Å². The van der Waals surface area contributed by atoms with E-state index in [0.717, 1.165) is 12.1 Å². The highest BCUT2D eigenvalue weighted by Gasteiger charge is 2.42. The number of halogens is 2. The number of aromatic nitrogens is 2. The largest absolute Gasteiger partial charge is 0.481 e. The molecule has 1 aromatic heterocycles. The number of aryl methyl sites for hydroxylation is 1. The molecule has 0 aliphatic carbocycles. The summed E-state index contributed by atoms with van der Waals surface area (Å²) < 4.78 is 27.1.